The molecule has 1 aliphatic heterocycles. The molecule has 1 heterocycles. The van der Waals surface area contributed by atoms with Gasteiger partial charge >= 0.3 is 0 Å². The highest BCUT2D eigenvalue weighted by Gasteiger charge is 2.15. The van der Waals surface area contributed by atoms with E-state index in [0.717, 1.165) is 43.6 Å². The molecule has 0 bridgehead atoms. The van der Waals surface area contributed by atoms with E-state index in [1.54, 1.807) is 7.11 Å². The molecule has 4 heteroatoms. The largest absolute Gasteiger partial charge is 0.494 e. The van der Waals surface area contributed by atoms with Crippen molar-refractivity contribution in [1.29, 1.82) is 0 Å². The Kier molecular flexibility index (Phi) is 5.04. The first kappa shape index (κ1) is 16.4. The van der Waals surface area contributed by atoms with Gasteiger partial charge < -0.3 is 15.4 Å². The van der Waals surface area contributed by atoms with Gasteiger partial charge in [-0.25, -0.2) is 0 Å². The van der Waals surface area contributed by atoms with Gasteiger partial charge in [-0.05, 0) is 55.0 Å². The minimum atomic E-state index is -0.113. The van der Waals surface area contributed by atoms with Gasteiger partial charge in [-0.3, -0.25) is 4.79 Å². The molecule has 0 aliphatic carbocycles. The Hall–Kier alpha value is -2.49. The molecule has 0 unspecified atom stereocenters. The molecule has 4 nitrogen and oxygen atoms in total. The molecular weight excluding hydrogens is 300 g/mol. The number of hydrogen-bond acceptors (Lipinski definition) is 3. The van der Waals surface area contributed by atoms with E-state index >= 15 is 0 Å². The number of benzene rings is 2. The number of anilines is 2. The standard InChI is InChI=1S/C20H24N2O2/c1-3-14-7-9-15(10-8-14)20(23)22-18-12-16-6-4-5-11-21-17(16)13-19(18)24-2/h7-10,12-13,21H,3-6,11H2,1-2H3,(H,22,23). The van der Waals surface area contributed by atoms with Crippen LogP contribution in [-0.4, -0.2) is 19.6 Å². The van der Waals surface area contributed by atoms with Crippen molar-refractivity contribution in [3.8, 4) is 5.75 Å². The quantitative estimate of drug-likeness (QED) is 0.883. The maximum atomic E-state index is 12.5. The van der Waals surface area contributed by atoms with Crippen LogP contribution in [0.5, 0.6) is 5.75 Å². The summed E-state index contributed by atoms with van der Waals surface area (Å²) in [6.07, 6.45) is 4.29. The molecule has 0 saturated heterocycles. The topological polar surface area (TPSA) is 50.4 Å². The van der Waals surface area contributed by atoms with Gasteiger partial charge in [0.25, 0.3) is 5.91 Å². The van der Waals surface area contributed by atoms with Gasteiger partial charge in [-0.1, -0.05) is 19.1 Å². The summed E-state index contributed by atoms with van der Waals surface area (Å²) >= 11 is 0. The van der Waals surface area contributed by atoms with E-state index in [1.807, 2.05) is 36.4 Å². The Labute approximate surface area is 143 Å². The van der Waals surface area contributed by atoms with Crippen LogP contribution in [0.3, 0.4) is 0 Å². The number of carbonyl (C=O) groups excluding carboxylic acids is 1. The number of nitrogens with one attached hydrogen (secondary N) is 2. The molecule has 0 radical (unpaired) electrons. The number of rotatable bonds is 4. The van der Waals surface area contributed by atoms with Crippen LogP contribution in [0.25, 0.3) is 0 Å². The predicted molar refractivity (Wildman–Crippen MR) is 98.2 cm³/mol. The first-order valence-electron chi connectivity index (χ1n) is 8.56. The van der Waals surface area contributed by atoms with Gasteiger partial charge in [0.1, 0.15) is 5.75 Å². The lowest BCUT2D eigenvalue weighted by Crippen LogP contribution is -2.13. The Balaban J connectivity index is 1.85. The predicted octanol–water partition coefficient (Wildman–Crippen LogP) is 4.26. The van der Waals surface area contributed by atoms with Crippen LogP contribution >= 0.6 is 0 Å². The van der Waals surface area contributed by atoms with Crippen LogP contribution < -0.4 is 15.4 Å². The Morgan fingerprint density at radius 2 is 2.00 bits per heavy atom. The third-order valence-corrected chi connectivity index (χ3v) is 4.49. The molecule has 24 heavy (non-hydrogen) atoms. The first-order valence-corrected chi connectivity index (χ1v) is 8.56. The van der Waals surface area contributed by atoms with Crippen molar-refractivity contribution in [3.63, 3.8) is 0 Å². The molecular formula is C20H24N2O2. The number of ether oxygens (including phenoxy) is 1. The number of carbonyl (C=O) groups is 1. The summed E-state index contributed by atoms with van der Waals surface area (Å²) in [5.41, 5.74) is 4.94. The number of fused-ring (bicyclic) bond motifs is 1. The molecule has 2 aromatic carbocycles. The van der Waals surface area contributed by atoms with Crippen molar-refractivity contribution in [2.24, 2.45) is 0 Å². The van der Waals surface area contributed by atoms with Crippen molar-refractivity contribution < 1.29 is 9.53 Å². The molecule has 0 fully saturated rings. The third-order valence-electron chi connectivity index (χ3n) is 4.49. The Morgan fingerprint density at radius 3 is 2.71 bits per heavy atom. The average Bonchev–Trinajstić information content (AvgIpc) is 2.85. The fourth-order valence-electron chi connectivity index (χ4n) is 3.01. The zero-order valence-corrected chi connectivity index (χ0v) is 14.3. The lowest BCUT2D eigenvalue weighted by molar-refractivity contribution is 0.102. The smallest absolute Gasteiger partial charge is 0.255 e. The number of amides is 1. The molecule has 1 amide bonds. The van der Waals surface area contributed by atoms with Crippen molar-refractivity contribution in [2.45, 2.75) is 32.6 Å². The second-order valence-electron chi connectivity index (χ2n) is 6.10. The zero-order chi connectivity index (χ0) is 16.9. The normalized spacial score (nSPS) is 13.4. The van der Waals surface area contributed by atoms with Crippen molar-refractivity contribution in [1.82, 2.24) is 0 Å². The number of hydrogen-bond donors (Lipinski definition) is 2. The maximum Gasteiger partial charge on any atom is 0.255 e. The Morgan fingerprint density at radius 1 is 1.21 bits per heavy atom. The average molecular weight is 324 g/mol. The van der Waals surface area contributed by atoms with Crippen LogP contribution in [0.2, 0.25) is 0 Å². The van der Waals surface area contributed by atoms with Crippen LogP contribution in [0, 0.1) is 0 Å². The third kappa shape index (κ3) is 3.53. The fourth-order valence-corrected chi connectivity index (χ4v) is 3.01. The van der Waals surface area contributed by atoms with Crippen molar-refractivity contribution in [2.75, 3.05) is 24.3 Å². The van der Waals surface area contributed by atoms with Gasteiger partial charge in [0.05, 0.1) is 12.8 Å². The van der Waals surface area contributed by atoms with Crippen LogP contribution in [-0.2, 0) is 12.8 Å². The lowest BCUT2D eigenvalue weighted by atomic mass is 10.1. The van der Waals surface area contributed by atoms with Gasteiger partial charge in [-0.15, -0.1) is 0 Å². The van der Waals surface area contributed by atoms with Crippen LogP contribution in [0.15, 0.2) is 36.4 Å². The fraction of sp³-hybridized carbons (Fsp3) is 0.350. The number of aryl methyl sites for hydroxylation is 2. The number of methoxy groups -OCH3 is 1. The summed E-state index contributed by atoms with van der Waals surface area (Å²) in [7, 11) is 1.63. The van der Waals surface area contributed by atoms with Crippen molar-refractivity contribution in [3.05, 3.63) is 53.1 Å². The molecule has 0 atom stereocenters. The van der Waals surface area contributed by atoms with E-state index in [1.165, 1.54) is 11.1 Å². The van der Waals surface area contributed by atoms with Gasteiger partial charge in [0, 0.05) is 23.9 Å². The summed E-state index contributed by atoms with van der Waals surface area (Å²) < 4.78 is 5.47. The van der Waals surface area contributed by atoms with E-state index in [9.17, 15) is 4.79 Å². The molecule has 126 valence electrons. The van der Waals surface area contributed by atoms with Crippen LogP contribution in [0.1, 0.15) is 41.3 Å². The van der Waals surface area contributed by atoms with Gasteiger partial charge in [-0.2, -0.15) is 0 Å². The minimum absolute atomic E-state index is 0.113. The summed E-state index contributed by atoms with van der Waals surface area (Å²) in [6.45, 7) is 3.08. The van der Waals surface area contributed by atoms with E-state index in [0.29, 0.717) is 11.3 Å². The molecule has 0 spiro atoms. The Bertz CT molecular complexity index is 723. The summed E-state index contributed by atoms with van der Waals surface area (Å²) in [5.74, 6) is 0.569. The zero-order valence-electron chi connectivity index (χ0n) is 14.3. The minimum Gasteiger partial charge on any atom is -0.494 e. The summed E-state index contributed by atoms with van der Waals surface area (Å²) in [4.78, 5) is 12.5. The highest BCUT2D eigenvalue weighted by Crippen LogP contribution is 2.34. The second kappa shape index (κ2) is 7.39. The molecule has 1 aliphatic rings. The van der Waals surface area contributed by atoms with Gasteiger partial charge in [0.2, 0.25) is 0 Å². The molecule has 3 rings (SSSR count). The van der Waals surface area contributed by atoms with Gasteiger partial charge in [0.15, 0.2) is 0 Å². The molecule has 2 aromatic rings. The van der Waals surface area contributed by atoms with E-state index in [4.69, 9.17) is 4.74 Å². The van der Waals surface area contributed by atoms with Crippen LogP contribution in [0.4, 0.5) is 11.4 Å². The molecule has 0 saturated carbocycles. The van der Waals surface area contributed by atoms with Crippen molar-refractivity contribution >= 4 is 17.3 Å². The lowest BCUT2D eigenvalue weighted by Gasteiger charge is -2.15. The van der Waals surface area contributed by atoms with E-state index in [-0.39, 0.29) is 5.91 Å². The first-order chi connectivity index (χ1) is 11.7. The summed E-state index contributed by atoms with van der Waals surface area (Å²) in [6, 6.07) is 11.7. The summed E-state index contributed by atoms with van der Waals surface area (Å²) in [5, 5.41) is 6.43. The molecule has 0 aromatic heterocycles. The monoisotopic (exact) mass is 324 g/mol. The highest BCUT2D eigenvalue weighted by molar-refractivity contribution is 6.05. The molecule has 2 N–H and O–H groups in total. The van der Waals surface area contributed by atoms with E-state index < -0.39 is 0 Å². The van der Waals surface area contributed by atoms with E-state index in [2.05, 4.69) is 17.6 Å². The highest BCUT2D eigenvalue weighted by atomic mass is 16.5. The second-order valence-corrected chi connectivity index (χ2v) is 6.10. The maximum absolute atomic E-state index is 12.5. The SMILES string of the molecule is CCc1ccc(C(=O)Nc2cc3c(cc2OC)NCCCC3)cc1.